The van der Waals surface area contributed by atoms with Gasteiger partial charge in [-0.3, -0.25) is 0 Å². The molecule has 1 rings (SSSR count). The first-order valence-electron chi connectivity index (χ1n) is 5.56. The Kier molecular flexibility index (Phi) is 4.93. The van der Waals surface area contributed by atoms with Crippen LogP contribution in [0.4, 0.5) is 0 Å². The average Bonchev–Trinajstić information content (AvgIpc) is 2.29. The minimum absolute atomic E-state index is 0.134. The first-order chi connectivity index (χ1) is 7.29. The van der Waals surface area contributed by atoms with Gasteiger partial charge in [-0.1, -0.05) is 31.2 Å². The van der Waals surface area contributed by atoms with E-state index in [9.17, 15) is 0 Å². The molecular weight excluding hydrogens is 182 g/mol. The summed E-state index contributed by atoms with van der Waals surface area (Å²) < 4.78 is 0. The third-order valence-corrected chi connectivity index (χ3v) is 2.67. The number of hydrogen-bond donors (Lipinski definition) is 1. The molecule has 0 fully saturated rings. The molecule has 2 N–H and O–H groups in total. The third-order valence-electron chi connectivity index (χ3n) is 2.67. The van der Waals surface area contributed by atoms with Crippen LogP contribution in [-0.2, 0) is 6.42 Å². The zero-order valence-corrected chi connectivity index (χ0v) is 9.37. The molecular formula is C14H19N. The minimum atomic E-state index is 0.134. The van der Waals surface area contributed by atoms with Crippen LogP contribution in [0.15, 0.2) is 24.3 Å². The van der Waals surface area contributed by atoms with Gasteiger partial charge in [-0.15, -0.1) is 12.3 Å². The fourth-order valence-electron chi connectivity index (χ4n) is 1.80. The molecule has 1 unspecified atom stereocenters. The van der Waals surface area contributed by atoms with Gasteiger partial charge in [0.05, 0.1) is 0 Å². The van der Waals surface area contributed by atoms with E-state index < -0.39 is 0 Å². The molecule has 0 aliphatic carbocycles. The van der Waals surface area contributed by atoms with Crippen LogP contribution >= 0.6 is 0 Å². The van der Waals surface area contributed by atoms with Gasteiger partial charge in [0.15, 0.2) is 0 Å². The quantitative estimate of drug-likeness (QED) is 0.575. The van der Waals surface area contributed by atoms with Crippen molar-refractivity contribution in [2.24, 2.45) is 5.73 Å². The maximum Gasteiger partial charge on any atom is 0.0297 e. The van der Waals surface area contributed by atoms with Crippen molar-refractivity contribution in [1.82, 2.24) is 0 Å². The molecule has 15 heavy (non-hydrogen) atoms. The first kappa shape index (κ1) is 11.8. The summed E-state index contributed by atoms with van der Waals surface area (Å²) in [4.78, 5) is 0. The van der Waals surface area contributed by atoms with E-state index in [1.54, 1.807) is 0 Å². The molecule has 0 aliphatic heterocycles. The van der Waals surface area contributed by atoms with Gasteiger partial charge in [0.1, 0.15) is 0 Å². The summed E-state index contributed by atoms with van der Waals surface area (Å²) in [5.41, 5.74) is 8.77. The zero-order valence-electron chi connectivity index (χ0n) is 9.37. The lowest BCUT2D eigenvalue weighted by Gasteiger charge is -2.15. The minimum Gasteiger partial charge on any atom is -0.324 e. The van der Waals surface area contributed by atoms with Crippen molar-refractivity contribution in [3.05, 3.63) is 35.4 Å². The van der Waals surface area contributed by atoms with Crippen LogP contribution in [0.1, 0.15) is 43.4 Å². The lowest BCUT2D eigenvalue weighted by molar-refractivity contribution is 0.616. The van der Waals surface area contributed by atoms with Gasteiger partial charge in [0.25, 0.3) is 0 Å². The molecule has 1 atom stereocenters. The lowest BCUT2D eigenvalue weighted by atomic mass is 9.96. The van der Waals surface area contributed by atoms with Gasteiger partial charge in [0.2, 0.25) is 0 Å². The maximum atomic E-state index is 6.14. The number of terminal acetylenes is 1. The molecule has 1 aromatic carbocycles. The van der Waals surface area contributed by atoms with Gasteiger partial charge in [-0.25, -0.2) is 0 Å². The van der Waals surface area contributed by atoms with E-state index in [2.05, 4.69) is 37.1 Å². The second-order valence-electron chi connectivity index (χ2n) is 3.76. The number of unbranched alkanes of at least 4 members (excludes halogenated alkanes) is 1. The summed E-state index contributed by atoms with van der Waals surface area (Å²) in [7, 11) is 0. The van der Waals surface area contributed by atoms with Crippen LogP contribution in [0.2, 0.25) is 0 Å². The predicted molar refractivity (Wildman–Crippen MR) is 65.4 cm³/mol. The van der Waals surface area contributed by atoms with Crippen LogP contribution in [-0.4, -0.2) is 0 Å². The van der Waals surface area contributed by atoms with Crippen LogP contribution in [0, 0.1) is 12.3 Å². The van der Waals surface area contributed by atoms with Crippen molar-refractivity contribution in [2.45, 2.75) is 38.6 Å². The maximum absolute atomic E-state index is 6.14. The standard InChI is InChI=1S/C14H19N/c1-3-5-6-11-14(15)13-10-8-7-9-12(13)4-2/h1,7-10,14H,4-6,11,15H2,2H3. The van der Waals surface area contributed by atoms with Gasteiger partial charge in [-0.05, 0) is 30.4 Å². The SMILES string of the molecule is C#CCCCC(N)c1ccccc1CC. The van der Waals surface area contributed by atoms with Crippen LogP contribution < -0.4 is 5.73 Å². The molecule has 1 heteroatoms. The van der Waals surface area contributed by atoms with Crippen LogP contribution in [0.5, 0.6) is 0 Å². The highest BCUT2D eigenvalue weighted by molar-refractivity contribution is 5.29. The number of aryl methyl sites for hydroxylation is 1. The summed E-state index contributed by atoms with van der Waals surface area (Å²) in [6.07, 6.45) is 9.06. The Hall–Kier alpha value is -1.26. The second-order valence-corrected chi connectivity index (χ2v) is 3.76. The Bertz CT molecular complexity index is 335. The summed E-state index contributed by atoms with van der Waals surface area (Å²) in [6.45, 7) is 2.16. The number of hydrogen-bond acceptors (Lipinski definition) is 1. The average molecular weight is 201 g/mol. The number of rotatable bonds is 5. The summed E-state index contributed by atoms with van der Waals surface area (Å²) in [5, 5.41) is 0. The normalized spacial score (nSPS) is 12.1. The molecule has 0 aliphatic rings. The van der Waals surface area contributed by atoms with E-state index in [4.69, 9.17) is 12.2 Å². The van der Waals surface area contributed by atoms with Crippen molar-refractivity contribution in [1.29, 1.82) is 0 Å². The smallest absolute Gasteiger partial charge is 0.0297 e. The largest absolute Gasteiger partial charge is 0.324 e. The molecule has 0 aromatic heterocycles. The van der Waals surface area contributed by atoms with E-state index >= 15 is 0 Å². The van der Waals surface area contributed by atoms with Crippen molar-refractivity contribution in [3.63, 3.8) is 0 Å². The summed E-state index contributed by atoms with van der Waals surface area (Å²) in [6, 6.07) is 8.52. The van der Waals surface area contributed by atoms with Gasteiger partial charge >= 0.3 is 0 Å². The Labute approximate surface area is 92.7 Å². The molecule has 0 radical (unpaired) electrons. The predicted octanol–water partition coefficient (Wildman–Crippen LogP) is 3.05. The molecule has 0 amide bonds. The Morgan fingerprint density at radius 3 is 2.80 bits per heavy atom. The highest BCUT2D eigenvalue weighted by Crippen LogP contribution is 2.20. The van der Waals surface area contributed by atoms with E-state index in [-0.39, 0.29) is 6.04 Å². The topological polar surface area (TPSA) is 26.0 Å². The molecule has 0 spiro atoms. The van der Waals surface area contributed by atoms with Crippen LogP contribution in [0.25, 0.3) is 0 Å². The summed E-state index contributed by atoms with van der Waals surface area (Å²) >= 11 is 0. The fourth-order valence-corrected chi connectivity index (χ4v) is 1.80. The van der Waals surface area contributed by atoms with Crippen molar-refractivity contribution >= 4 is 0 Å². The van der Waals surface area contributed by atoms with Crippen LogP contribution in [0.3, 0.4) is 0 Å². The molecule has 80 valence electrons. The third kappa shape index (κ3) is 3.42. The first-order valence-corrected chi connectivity index (χ1v) is 5.56. The van der Waals surface area contributed by atoms with Gasteiger partial charge < -0.3 is 5.73 Å². The lowest BCUT2D eigenvalue weighted by Crippen LogP contribution is -2.12. The molecule has 1 aromatic rings. The monoisotopic (exact) mass is 201 g/mol. The molecule has 1 nitrogen and oxygen atoms in total. The van der Waals surface area contributed by atoms with E-state index in [1.807, 2.05) is 0 Å². The van der Waals surface area contributed by atoms with E-state index in [0.717, 1.165) is 25.7 Å². The Morgan fingerprint density at radius 2 is 2.13 bits per heavy atom. The molecule has 0 heterocycles. The fraction of sp³-hybridized carbons (Fsp3) is 0.429. The summed E-state index contributed by atoms with van der Waals surface area (Å²) in [5.74, 6) is 2.65. The van der Waals surface area contributed by atoms with E-state index in [1.165, 1.54) is 11.1 Å². The van der Waals surface area contributed by atoms with Crippen molar-refractivity contribution in [2.75, 3.05) is 0 Å². The Morgan fingerprint density at radius 1 is 1.40 bits per heavy atom. The molecule has 0 bridgehead atoms. The number of benzene rings is 1. The van der Waals surface area contributed by atoms with E-state index in [0.29, 0.717) is 0 Å². The molecule has 0 saturated heterocycles. The Balaban J connectivity index is 2.64. The highest BCUT2D eigenvalue weighted by Gasteiger charge is 2.08. The molecule has 0 saturated carbocycles. The zero-order chi connectivity index (χ0) is 11.1. The second kappa shape index (κ2) is 6.27. The van der Waals surface area contributed by atoms with Crippen molar-refractivity contribution < 1.29 is 0 Å². The van der Waals surface area contributed by atoms with Gasteiger partial charge in [0, 0.05) is 12.5 Å². The highest BCUT2D eigenvalue weighted by atomic mass is 14.6. The van der Waals surface area contributed by atoms with Gasteiger partial charge in [-0.2, -0.15) is 0 Å². The van der Waals surface area contributed by atoms with Crippen molar-refractivity contribution in [3.8, 4) is 12.3 Å². The number of nitrogens with two attached hydrogens (primary N) is 1.